The minimum atomic E-state index is -0.650. The summed E-state index contributed by atoms with van der Waals surface area (Å²) >= 11 is 1.27. The summed E-state index contributed by atoms with van der Waals surface area (Å²) in [6.45, 7) is 6.09. The fourth-order valence-electron chi connectivity index (χ4n) is 3.39. The maximum absolute atomic E-state index is 13.3. The van der Waals surface area contributed by atoms with Gasteiger partial charge in [0.2, 0.25) is 5.78 Å². The molecule has 0 aliphatic carbocycles. The fourth-order valence-corrected chi connectivity index (χ4v) is 4.26. The minimum absolute atomic E-state index is 0.108. The van der Waals surface area contributed by atoms with Gasteiger partial charge < -0.3 is 14.7 Å². The summed E-state index contributed by atoms with van der Waals surface area (Å²) in [5, 5.41) is 11.4. The van der Waals surface area contributed by atoms with Crippen LogP contribution in [0.3, 0.4) is 0 Å². The number of ether oxygens (including phenoxy) is 1. The Labute approximate surface area is 162 Å². The van der Waals surface area contributed by atoms with Crippen LogP contribution < -0.4 is 0 Å². The molecule has 1 atom stereocenters. The highest BCUT2D eigenvalue weighted by Gasteiger charge is 2.44. The van der Waals surface area contributed by atoms with Gasteiger partial charge in [-0.2, -0.15) is 0 Å². The predicted molar refractivity (Wildman–Crippen MR) is 103 cm³/mol. The van der Waals surface area contributed by atoms with E-state index in [0.717, 1.165) is 16.1 Å². The van der Waals surface area contributed by atoms with E-state index in [0.29, 0.717) is 17.2 Å². The van der Waals surface area contributed by atoms with E-state index in [9.17, 15) is 14.7 Å². The molecule has 2 heterocycles. The molecule has 0 bridgehead atoms. The number of aliphatic hydroxyl groups excluding tert-OH is 1. The predicted octanol–water partition coefficient (Wildman–Crippen LogP) is 3.29. The summed E-state index contributed by atoms with van der Waals surface area (Å²) in [6, 6.07) is 6.91. The summed E-state index contributed by atoms with van der Waals surface area (Å²) in [4.78, 5) is 32.3. The molecule has 6 nitrogen and oxygen atoms in total. The van der Waals surface area contributed by atoms with E-state index in [1.165, 1.54) is 16.2 Å². The van der Waals surface area contributed by atoms with Crippen LogP contribution in [0.1, 0.15) is 37.5 Å². The zero-order valence-electron chi connectivity index (χ0n) is 15.8. The quantitative estimate of drug-likeness (QED) is 0.771. The number of methoxy groups -OCH3 is 1. The molecule has 1 N–H and O–H groups in total. The molecule has 3 rings (SSSR count). The monoisotopic (exact) mass is 386 g/mol. The van der Waals surface area contributed by atoms with Gasteiger partial charge >= 0.3 is 0 Å². The average Bonchev–Trinajstić information content (AvgIpc) is 3.10. The number of nitrogens with zero attached hydrogens (tertiary/aromatic N) is 2. The first-order valence-electron chi connectivity index (χ1n) is 8.64. The Morgan fingerprint density at radius 2 is 2.00 bits per heavy atom. The van der Waals surface area contributed by atoms with Gasteiger partial charge in [-0.15, -0.1) is 11.3 Å². The topological polar surface area (TPSA) is 79.7 Å². The zero-order chi connectivity index (χ0) is 19.7. The first-order valence-corrected chi connectivity index (χ1v) is 9.45. The summed E-state index contributed by atoms with van der Waals surface area (Å²) < 4.78 is 5.12. The number of hydrogen-bond acceptors (Lipinski definition) is 6. The van der Waals surface area contributed by atoms with Crippen molar-refractivity contribution in [1.29, 1.82) is 0 Å². The summed E-state index contributed by atoms with van der Waals surface area (Å²) in [5.74, 6) is -1.39. The van der Waals surface area contributed by atoms with Gasteiger partial charge in [0.15, 0.2) is 5.76 Å². The fraction of sp³-hybridized carbons (Fsp3) is 0.350. The molecule has 7 heteroatoms. The van der Waals surface area contributed by atoms with Crippen LogP contribution in [-0.2, 0) is 9.53 Å². The molecule has 1 unspecified atom stereocenters. The van der Waals surface area contributed by atoms with Crippen LogP contribution in [-0.4, -0.2) is 46.9 Å². The first-order chi connectivity index (χ1) is 12.9. The van der Waals surface area contributed by atoms with Gasteiger partial charge in [0, 0.05) is 13.7 Å². The van der Waals surface area contributed by atoms with Gasteiger partial charge in [-0.05, 0) is 31.9 Å². The third kappa shape index (κ3) is 3.40. The molecule has 1 aliphatic heterocycles. The Morgan fingerprint density at radius 3 is 2.59 bits per heavy atom. The number of carbonyl (C=O) groups is 2. The lowest BCUT2D eigenvalue weighted by atomic mass is 9.92. The average molecular weight is 386 g/mol. The van der Waals surface area contributed by atoms with Gasteiger partial charge in [0.05, 0.1) is 33.8 Å². The van der Waals surface area contributed by atoms with Gasteiger partial charge in [0.1, 0.15) is 0 Å². The van der Waals surface area contributed by atoms with E-state index in [1.54, 1.807) is 14.0 Å². The van der Waals surface area contributed by atoms with E-state index in [2.05, 4.69) is 4.98 Å². The Kier molecular flexibility index (Phi) is 5.43. The Balaban J connectivity index is 2.13. The maximum atomic E-state index is 13.3. The SMILES string of the molecule is COCCN1C(=O)C(O)=C(C(=O)c2sc(C)nc2C)C1c1ccccc1C. The smallest absolute Gasteiger partial charge is 0.290 e. The standard InChI is InChI=1S/C20H22N2O4S/c1-11-7-5-6-8-14(11)16-15(17(23)19-12(2)21-13(3)27-19)18(24)20(25)22(16)9-10-26-4/h5-8,16,24H,9-10H2,1-4H3. The first kappa shape index (κ1) is 19.3. The number of aliphatic hydroxyl groups is 1. The number of rotatable bonds is 6. The summed E-state index contributed by atoms with van der Waals surface area (Å²) in [7, 11) is 1.55. The van der Waals surface area contributed by atoms with Crippen molar-refractivity contribution in [3.05, 3.63) is 62.3 Å². The van der Waals surface area contributed by atoms with Crippen molar-refractivity contribution in [2.24, 2.45) is 0 Å². The molecule has 2 aromatic rings. The van der Waals surface area contributed by atoms with Crippen molar-refractivity contribution in [2.45, 2.75) is 26.8 Å². The molecular weight excluding hydrogens is 364 g/mol. The van der Waals surface area contributed by atoms with Gasteiger partial charge in [-0.25, -0.2) is 4.98 Å². The Hall–Kier alpha value is -2.51. The van der Waals surface area contributed by atoms with Crippen molar-refractivity contribution >= 4 is 23.0 Å². The molecule has 1 aromatic carbocycles. The van der Waals surface area contributed by atoms with Gasteiger partial charge in [0.25, 0.3) is 5.91 Å². The number of aromatic nitrogens is 1. The highest BCUT2D eigenvalue weighted by atomic mass is 32.1. The van der Waals surface area contributed by atoms with Gasteiger partial charge in [-0.3, -0.25) is 9.59 Å². The highest BCUT2D eigenvalue weighted by Crippen LogP contribution is 2.40. The van der Waals surface area contributed by atoms with Gasteiger partial charge in [-0.1, -0.05) is 24.3 Å². The molecule has 27 heavy (non-hydrogen) atoms. The van der Waals surface area contributed by atoms with Crippen LogP contribution in [0.25, 0.3) is 0 Å². The lowest BCUT2D eigenvalue weighted by Gasteiger charge is -2.27. The van der Waals surface area contributed by atoms with Crippen molar-refractivity contribution in [3.8, 4) is 0 Å². The largest absolute Gasteiger partial charge is 0.503 e. The molecule has 0 fully saturated rings. The zero-order valence-corrected chi connectivity index (χ0v) is 16.6. The van der Waals surface area contributed by atoms with E-state index >= 15 is 0 Å². The normalized spacial score (nSPS) is 17.1. The third-order valence-electron chi connectivity index (χ3n) is 4.68. The number of Topliss-reactive ketones (excluding diaryl/α,β-unsaturated/α-hetero) is 1. The van der Waals surface area contributed by atoms with Crippen molar-refractivity contribution in [1.82, 2.24) is 9.88 Å². The summed E-state index contributed by atoms with van der Waals surface area (Å²) in [5.41, 5.74) is 2.47. The second-order valence-electron chi connectivity index (χ2n) is 6.49. The van der Waals surface area contributed by atoms with E-state index < -0.39 is 17.7 Å². The van der Waals surface area contributed by atoms with E-state index in [1.807, 2.05) is 38.1 Å². The Morgan fingerprint density at radius 1 is 1.30 bits per heavy atom. The molecule has 142 valence electrons. The number of carbonyl (C=O) groups excluding carboxylic acids is 2. The van der Waals surface area contributed by atoms with Crippen LogP contribution in [0.4, 0.5) is 0 Å². The number of thiazole rings is 1. The molecule has 0 radical (unpaired) electrons. The maximum Gasteiger partial charge on any atom is 0.290 e. The molecule has 1 aliphatic rings. The number of ketones is 1. The lowest BCUT2D eigenvalue weighted by molar-refractivity contribution is -0.130. The van der Waals surface area contributed by atoms with E-state index in [-0.39, 0.29) is 17.9 Å². The van der Waals surface area contributed by atoms with Crippen LogP contribution in [0.15, 0.2) is 35.6 Å². The van der Waals surface area contributed by atoms with E-state index in [4.69, 9.17) is 4.74 Å². The second kappa shape index (κ2) is 7.62. The van der Waals surface area contributed by atoms with Crippen molar-refractivity contribution in [2.75, 3.05) is 20.3 Å². The molecule has 1 aromatic heterocycles. The van der Waals surface area contributed by atoms with Crippen molar-refractivity contribution < 1.29 is 19.4 Å². The highest BCUT2D eigenvalue weighted by molar-refractivity contribution is 7.14. The van der Waals surface area contributed by atoms with Crippen LogP contribution in [0.5, 0.6) is 0 Å². The summed E-state index contributed by atoms with van der Waals surface area (Å²) in [6.07, 6.45) is 0. The third-order valence-corrected chi connectivity index (χ3v) is 5.75. The molecule has 1 amide bonds. The Bertz CT molecular complexity index is 932. The minimum Gasteiger partial charge on any atom is -0.503 e. The van der Waals surface area contributed by atoms with Crippen molar-refractivity contribution in [3.63, 3.8) is 0 Å². The number of hydrogen-bond donors (Lipinski definition) is 1. The lowest BCUT2D eigenvalue weighted by Crippen LogP contribution is -2.34. The molecule has 0 saturated heterocycles. The van der Waals surface area contributed by atoms with Crippen LogP contribution in [0.2, 0.25) is 0 Å². The number of amides is 1. The number of benzene rings is 1. The molecular formula is C20H22N2O4S. The second-order valence-corrected chi connectivity index (χ2v) is 7.69. The van der Waals surface area contributed by atoms with Crippen LogP contribution in [0, 0.1) is 20.8 Å². The molecule has 0 saturated carbocycles. The molecule has 0 spiro atoms. The number of aryl methyl sites for hydroxylation is 3. The van der Waals surface area contributed by atoms with Crippen LogP contribution >= 0.6 is 11.3 Å².